The number of carbonyl (C=O) groups is 1. The quantitative estimate of drug-likeness (QED) is 0.827. The van der Waals surface area contributed by atoms with Gasteiger partial charge in [-0.25, -0.2) is 8.42 Å². The zero-order valence-corrected chi connectivity index (χ0v) is 15.5. The number of aromatic nitrogens is 1. The normalized spacial score (nSPS) is 16.1. The molecule has 2 aromatic rings. The molecule has 0 spiro atoms. The van der Waals surface area contributed by atoms with E-state index in [2.05, 4.69) is 10.3 Å². The largest absolute Gasteiger partial charge is 0.352 e. The predicted octanol–water partition coefficient (Wildman–Crippen LogP) is 1.60. The van der Waals surface area contributed by atoms with Crippen LogP contribution in [0.3, 0.4) is 0 Å². The van der Waals surface area contributed by atoms with E-state index in [1.165, 1.54) is 31.7 Å². The van der Waals surface area contributed by atoms with Gasteiger partial charge in [-0.1, -0.05) is 19.3 Å². The number of H-pyrrole nitrogens is 1. The van der Waals surface area contributed by atoms with Crippen LogP contribution in [-0.2, 0) is 14.8 Å². The fourth-order valence-corrected chi connectivity index (χ4v) is 4.44. The molecule has 2 N–H and O–H groups in total. The highest BCUT2D eigenvalue weighted by Crippen LogP contribution is 2.20. The van der Waals surface area contributed by atoms with Gasteiger partial charge >= 0.3 is 0 Å². The molecule has 1 aliphatic carbocycles. The summed E-state index contributed by atoms with van der Waals surface area (Å²) in [5, 5.41) is 3.54. The van der Waals surface area contributed by atoms with Crippen molar-refractivity contribution in [1.29, 1.82) is 0 Å². The molecule has 3 rings (SSSR count). The second-order valence-corrected chi connectivity index (χ2v) is 8.78. The summed E-state index contributed by atoms with van der Waals surface area (Å²) < 4.78 is 26.5. The van der Waals surface area contributed by atoms with Crippen LogP contribution >= 0.6 is 0 Å². The molecule has 0 bridgehead atoms. The number of rotatable bonds is 5. The van der Waals surface area contributed by atoms with E-state index in [0.29, 0.717) is 10.9 Å². The summed E-state index contributed by atoms with van der Waals surface area (Å²) in [6.45, 7) is -0.220. The van der Waals surface area contributed by atoms with E-state index in [1.807, 2.05) is 0 Å². The molecule has 1 saturated carbocycles. The molecule has 7 nitrogen and oxygen atoms in total. The van der Waals surface area contributed by atoms with Crippen LogP contribution in [0.5, 0.6) is 0 Å². The predicted molar refractivity (Wildman–Crippen MR) is 99.4 cm³/mol. The Hall–Kier alpha value is -2.19. The maximum atomic E-state index is 12.7. The summed E-state index contributed by atoms with van der Waals surface area (Å²) in [6.07, 6.45) is 5.28. The first-order valence-corrected chi connectivity index (χ1v) is 10.2. The van der Waals surface area contributed by atoms with Crippen molar-refractivity contribution in [3.63, 3.8) is 0 Å². The van der Waals surface area contributed by atoms with Crippen molar-refractivity contribution in [3.05, 3.63) is 40.7 Å². The van der Waals surface area contributed by atoms with Crippen molar-refractivity contribution in [3.8, 4) is 0 Å². The lowest BCUT2D eigenvalue weighted by molar-refractivity contribution is -0.122. The number of benzene rings is 1. The van der Waals surface area contributed by atoms with Crippen LogP contribution in [0.2, 0.25) is 0 Å². The molecule has 26 heavy (non-hydrogen) atoms. The van der Waals surface area contributed by atoms with Gasteiger partial charge in [0.15, 0.2) is 0 Å². The van der Waals surface area contributed by atoms with Gasteiger partial charge in [0.25, 0.3) is 0 Å². The molecule has 0 atom stereocenters. The van der Waals surface area contributed by atoms with Gasteiger partial charge in [0.1, 0.15) is 0 Å². The molecule has 1 aromatic heterocycles. The molecule has 8 heteroatoms. The third-order valence-corrected chi connectivity index (χ3v) is 6.54. The van der Waals surface area contributed by atoms with Crippen LogP contribution < -0.4 is 10.9 Å². The first kappa shape index (κ1) is 18.6. The van der Waals surface area contributed by atoms with Crippen molar-refractivity contribution >= 4 is 26.8 Å². The van der Waals surface area contributed by atoms with Gasteiger partial charge < -0.3 is 10.3 Å². The fourth-order valence-electron chi connectivity index (χ4n) is 3.28. The second-order valence-electron chi connectivity index (χ2n) is 6.74. The van der Waals surface area contributed by atoms with Gasteiger partial charge in [0, 0.05) is 24.7 Å². The van der Waals surface area contributed by atoms with Gasteiger partial charge in [-0.15, -0.1) is 0 Å². The Kier molecular flexibility index (Phi) is 5.43. The number of pyridine rings is 1. The molecule has 0 aliphatic heterocycles. The summed E-state index contributed by atoms with van der Waals surface area (Å²) in [5.74, 6) is -0.284. The van der Waals surface area contributed by atoms with E-state index in [-0.39, 0.29) is 28.9 Å². The van der Waals surface area contributed by atoms with Gasteiger partial charge in [-0.3, -0.25) is 9.59 Å². The highest BCUT2D eigenvalue weighted by Gasteiger charge is 2.24. The van der Waals surface area contributed by atoms with Crippen molar-refractivity contribution in [2.45, 2.75) is 43.0 Å². The number of hydrogen-bond donors (Lipinski definition) is 2. The number of nitrogens with zero attached hydrogens (tertiary/aromatic N) is 1. The number of hydrogen-bond acceptors (Lipinski definition) is 4. The Morgan fingerprint density at radius 3 is 2.65 bits per heavy atom. The summed E-state index contributed by atoms with van der Waals surface area (Å²) in [4.78, 5) is 26.3. The van der Waals surface area contributed by atoms with Crippen molar-refractivity contribution in [2.75, 3.05) is 13.6 Å². The Labute approximate surface area is 152 Å². The maximum Gasteiger partial charge on any atom is 0.248 e. The average Bonchev–Trinajstić information content (AvgIpc) is 2.61. The minimum absolute atomic E-state index is 0.0880. The average molecular weight is 377 g/mol. The molecule has 140 valence electrons. The molecular formula is C18H23N3O4S. The molecule has 1 aliphatic rings. The third kappa shape index (κ3) is 4.13. The minimum atomic E-state index is -3.80. The van der Waals surface area contributed by atoms with E-state index in [1.54, 1.807) is 12.1 Å². The second kappa shape index (κ2) is 7.59. The topological polar surface area (TPSA) is 99.3 Å². The highest BCUT2D eigenvalue weighted by molar-refractivity contribution is 7.89. The Bertz CT molecular complexity index is 962. The van der Waals surface area contributed by atoms with E-state index in [0.717, 1.165) is 30.0 Å². The lowest BCUT2D eigenvalue weighted by atomic mass is 9.95. The van der Waals surface area contributed by atoms with Crippen molar-refractivity contribution < 1.29 is 13.2 Å². The van der Waals surface area contributed by atoms with E-state index >= 15 is 0 Å². The number of aromatic amines is 1. The van der Waals surface area contributed by atoms with Crippen molar-refractivity contribution in [1.82, 2.24) is 14.6 Å². The van der Waals surface area contributed by atoms with Gasteiger partial charge in [0.2, 0.25) is 21.5 Å². The molecule has 0 saturated heterocycles. The van der Waals surface area contributed by atoms with Crippen molar-refractivity contribution in [2.24, 2.45) is 0 Å². The first-order valence-electron chi connectivity index (χ1n) is 8.75. The van der Waals surface area contributed by atoms with Gasteiger partial charge in [0.05, 0.1) is 11.4 Å². The highest BCUT2D eigenvalue weighted by atomic mass is 32.2. The monoisotopic (exact) mass is 377 g/mol. The van der Waals surface area contributed by atoms with Crippen LogP contribution in [0, 0.1) is 0 Å². The summed E-state index contributed by atoms with van der Waals surface area (Å²) >= 11 is 0. The molecule has 1 aromatic carbocycles. The number of fused-ring (bicyclic) bond motifs is 1. The summed E-state index contributed by atoms with van der Waals surface area (Å²) in [5.41, 5.74) is 0.318. The Morgan fingerprint density at radius 1 is 1.19 bits per heavy atom. The van der Waals surface area contributed by atoms with Crippen LogP contribution in [-0.4, -0.2) is 43.2 Å². The standard InChI is InChI=1S/C18H23N3O4S/c1-21(12-18(23)19-14-5-3-2-4-6-14)26(24,25)15-8-9-16-13(11-15)7-10-17(22)20-16/h7-11,14H,2-6,12H2,1H3,(H,19,23)(H,20,22). The third-order valence-electron chi connectivity index (χ3n) is 4.74. The smallest absolute Gasteiger partial charge is 0.248 e. The van der Waals surface area contributed by atoms with Crippen LogP contribution in [0.1, 0.15) is 32.1 Å². The number of amides is 1. The number of sulfonamides is 1. The van der Waals surface area contributed by atoms with Crippen LogP contribution in [0.25, 0.3) is 10.9 Å². The molecule has 0 unspecified atom stereocenters. The van der Waals surface area contributed by atoms with Gasteiger partial charge in [-0.05, 0) is 42.5 Å². The maximum absolute atomic E-state index is 12.7. The number of nitrogens with one attached hydrogen (secondary N) is 2. The lowest BCUT2D eigenvalue weighted by Gasteiger charge is -2.24. The molecule has 1 heterocycles. The molecule has 1 fully saturated rings. The molecular weight excluding hydrogens is 354 g/mol. The zero-order valence-electron chi connectivity index (χ0n) is 14.7. The lowest BCUT2D eigenvalue weighted by Crippen LogP contribution is -2.43. The number of carbonyl (C=O) groups excluding carboxylic acids is 1. The van der Waals surface area contributed by atoms with E-state index < -0.39 is 10.0 Å². The number of likely N-dealkylation sites (N-methyl/N-ethyl adjacent to an activating group) is 1. The summed E-state index contributed by atoms with van der Waals surface area (Å²) in [7, 11) is -2.40. The summed E-state index contributed by atoms with van der Waals surface area (Å²) in [6, 6.07) is 7.55. The van der Waals surface area contributed by atoms with Crippen LogP contribution in [0.4, 0.5) is 0 Å². The van der Waals surface area contributed by atoms with E-state index in [4.69, 9.17) is 0 Å². The first-order chi connectivity index (χ1) is 12.4. The van der Waals surface area contributed by atoms with Crippen LogP contribution in [0.15, 0.2) is 40.0 Å². The van der Waals surface area contributed by atoms with E-state index in [9.17, 15) is 18.0 Å². The molecule has 0 radical (unpaired) electrons. The zero-order chi connectivity index (χ0) is 18.7. The Balaban J connectivity index is 1.73. The molecule has 1 amide bonds. The minimum Gasteiger partial charge on any atom is -0.352 e. The Morgan fingerprint density at radius 2 is 1.92 bits per heavy atom. The SMILES string of the molecule is CN(CC(=O)NC1CCCCC1)S(=O)(=O)c1ccc2[nH]c(=O)ccc2c1. The van der Waals surface area contributed by atoms with Gasteiger partial charge in [-0.2, -0.15) is 4.31 Å². The fraction of sp³-hybridized carbons (Fsp3) is 0.444.